The van der Waals surface area contributed by atoms with Crippen molar-refractivity contribution in [3.63, 3.8) is 0 Å². The van der Waals surface area contributed by atoms with E-state index in [9.17, 15) is 0 Å². The zero-order valence-electron chi connectivity index (χ0n) is 11.1. The molecule has 6 heteroatoms. The number of methoxy groups -OCH3 is 2. The fourth-order valence-corrected chi connectivity index (χ4v) is 2.37. The van der Waals surface area contributed by atoms with Crippen LogP contribution in [0.5, 0.6) is 0 Å². The van der Waals surface area contributed by atoms with Crippen LogP contribution in [0.25, 0.3) is 0 Å². The molecule has 0 atom stereocenters. The van der Waals surface area contributed by atoms with Gasteiger partial charge in [-0.3, -0.25) is 0 Å². The van der Waals surface area contributed by atoms with E-state index in [-0.39, 0.29) is 6.29 Å². The van der Waals surface area contributed by atoms with Crippen LogP contribution in [0.15, 0.2) is 33.7 Å². The van der Waals surface area contributed by atoms with Crippen molar-refractivity contribution in [1.29, 1.82) is 0 Å². The predicted molar refractivity (Wildman–Crippen MR) is 71.8 cm³/mol. The molecule has 0 amide bonds. The van der Waals surface area contributed by atoms with Crippen molar-refractivity contribution in [3.8, 4) is 0 Å². The number of ether oxygens (including phenoxy) is 2. The van der Waals surface area contributed by atoms with Crippen molar-refractivity contribution >= 4 is 11.8 Å². The van der Waals surface area contributed by atoms with Gasteiger partial charge in [0.05, 0.1) is 5.75 Å². The molecule has 5 nitrogen and oxygen atoms in total. The largest absolute Gasteiger partial charge is 0.352 e. The number of thioether (sulfide) groups is 1. The van der Waals surface area contributed by atoms with Crippen LogP contribution in [0, 0.1) is 6.92 Å². The van der Waals surface area contributed by atoms with E-state index in [0.717, 1.165) is 10.5 Å². The van der Waals surface area contributed by atoms with Gasteiger partial charge in [0.25, 0.3) is 0 Å². The third kappa shape index (κ3) is 3.79. The number of benzene rings is 1. The van der Waals surface area contributed by atoms with Gasteiger partial charge in [-0.1, -0.05) is 17.3 Å². The zero-order valence-corrected chi connectivity index (χ0v) is 11.9. The third-order valence-electron chi connectivity index (χ3n) is 2.51. The highest BCUT2D eigenvalue weighted by Gasteiger charge is 2.09. The van der Waals surface area contributed by atoms with E-state index in [2.05, 4.69) is 10.1 Å². The number of hydrogen-bond donors (Lipinski definition) is 0. The average molecular weight is 280 g/mol. The summed E-state index contributed by atoms with van der Waals surface area (Å²) in [6, 6.07) is 8.01. The highest BCUT2D eigenvalue weighted by Crippen LogP contribution is 2.25. The van der Waals surface area contributed by atoms with E-state index in [1.807, 2.05) is 31.2 Å². The second-order valence-corrected chi connectivity index (χ2v) is 4.95. The van der Waals surface area contributed by atoms with Crippen LogP contribution in [0.3, 0.4) is 0 Å². The third-order valence-corrected chi connectivity index (χ3v) is 3.51. The molecule has 1 heterocycles. The van der Waals surface area contributed by atoms with Gasteiger partial charge < -0.3 is 14.0 Å². The van der Waals surface area contributed by atoms with E-state index < -0.39 is 0 Å². The molecule has 1 aromatic heterocycles. The summed E-state index contributed by atoms with van der Waals surface area (Å²) >= 11 is 1.64. The fraction of sp³-hybridized carbons (Fsp3) is 0.385. The fourth-order valence-electron chi connectivity index (χ4n) is 1.63. The Morgan fingerprint density at radius 2 is 1.89 bits per heavy atom. The van der Waals surface area contributed by atoms with Crippen LogP contribution in [0.4, 0.5) is 0 Å². The van der Waals surface area contributed by atoms with Gasteiger partial charge in [-0.2, -0.15) is 4.98 Å². The standard InChI is InChI=1S/C13H16N2O3S/c1-9-14-12(18-15-9)8-19-11-6-4-10(5-7-11)13(16-2)17-3/h4-7,13H,8H2,1-3H3. The van der Waals surface area contributed by atoms with Gasteiger partial charge >= 0.3 is 0 Å². The molecule has 0 unspecified atom stereocenters. The Hall–Kier alpha value is -1.37. The summed E-state index contributed by atoms with van der Waals surface area (Å²) in [6.45, 7) is 1.81. The van der Waals surface area contributed by atoms with Gasteiger partial charge in [-0.25, -0.2) is 0 Å². The first kappa shape index (κ1) is 14.0. The lowest BCUT2D eigenvalue weighted by Crippen LogP contribution is -2.02. The van der Waals surface area contributed by atoms with Gasteiger partial charge in [0.15, 0.2) is 12.1 Å². The quantitative estimate of drug-likeness (QED) is 0.599. The van der Waals surface area contributed by atoms with Gasteiger partial charge in [-0.05, 0) is 19.1 Å². The monoisotopic (exact) mass is 280 g/mol. The average Bonchev–Trinajstić information content (AvgIpc) is 2.85. The lowest BCUT2D eigenvalue weighted by atomic mass is 10.2. The van der Waals surface area contributed by atoms with Crippen LogP contribution in [-0.2, 0) is 15.2 Å². The second kappa shape index (κ2) is 6.70. The Morgan fingerprint density at radius 3 is 2.42 bits per heavy atom. The molecule has 0 bridgehead atoms. The van der Waals surface area contributed by atoms with Crippen molar-refractivity contribution in [2.75, 3.05) is 14.2 Å². The number of aromatic nitrogens is 2. The highest BCUT2D eigenvalue weighted by atomic mass is 32.2. The Morgan fingerprint density at radius 1 is 1.21 bits per heavy atom. The predicted octanol–water partition coefficient (Wildman–Crippen LogP) is 2.96. The van der Waals surface area contributed by atoms with Crippen LogP contribution in [0.2, 0.25) is 0 Å². The van der Waals surface area contributed by atoms with Gasteiger partial charge in [-0.15, -0.1) is 11.8 Å². The minimum atomic E-state index is -0.322. The van der Waals surface area contributed by atoms with Crippen molar-refractivity contribution in [1.82, 2.24) is 10.1 Å². The molecule has 102 valence electrons. The molecule has 1 aromatic carbocycles. The van der Waals surface area contributed by atoms with Crippen molar-refractivity contribution in [2.24, 2.45) is 0 Å². The van der Waals surface area contributed by atoms with E-state index in [4.69, 9.17) is 14.0 Å². The normalized spacial score (nSPS) is 11.2. The maximum Gasteiger partial charge on any atom is 0.236 e. The van der Waals surface area contributed by atoms with Crippen LogP contribution < -0.4 is 0 Å². The topological polar surface area (TPSA) is 57.4 Å². The highest BCUT2D eigenvalue weighted by molar-refractivity contribution is 7.98. The molecule has 0 aliphatic rings. The summed E-state index contributed by atoms with van der Waals surface area (Å²) in [5.41, 5.74) is 0.989. The summed E-state index contributed by atoms with van der Waals surface area (Å²) in [5.74, 6) is 1.96. The molecule has 0 spiro atoms. The molecule has 2 aromatic rings. The minimum Gasteiger partial charge on any atom is -0.352 e. The van der Waals surface area contributed by atoms with Crippen molar-refractivity contribution in [3.05, 3.63) is 41.5 Å². The van der Waals surface area contributed by atoms with Crippen molar-refractivity contribution in [2.45, 2.75) is 23.9 Å². The number of hydrogen-bond acceptors (Lipinski definition) is 6. The second-order valence-electron chi connectivity index (χ2n) is 3.90. The molecular weight excluding hydrogens is 264 g/mol. The molecule has 19 heavy (non-hydrogen) atoms. The molecule has 0 aliphatic carbocycles. The first-order valence-corrected chi connectivity index (χ1v) is 6.79. The van der Waals surface area contributed by atoms with Crippen LogP contribution >= 0.6 is 11.8 Å². The van der Waals surface area contributed by atoms with Crippen molar-refractivity contribution < 1.29 is 14.0 Å². The maximum absolute atomic E-state index is 5.20. The Labute approximate surface area is 116 Å². The Kier molecular flexibility index (Phi) is 4.95. The molecule has 0 fully saturated rings. The molecular formula is C13H16N2O3S. The smallest absolute Gasteiger partial charge is 0.236 e. The summed E-state index contributed by atoms with van der Waals surface area (Å²) < 4.78 is 15.5. The SMILES string of the molecule is COC(OC)c1ccc(SCc2nc(C)no2)cc1. The van der Waals surface area contributed by atoms with Gasteiger partial charge in [0.1, 0.15) is 0 Å². The molecule has 2 rings (SSSR count). The summed E-state index contributed by atoms with van der Waals surface area (Å²) in [5, 5.41) is 3.76. The molecule has 0 saturated heterocycles. The Bertz CT molecular complexity index is 509. The van der Waals surface area contributed by atoms with E-state index >= 15 is 0 Å². The molecule has 0 aliphatic heterocycles. The lowest BCUT2D eigenvalue weighted by molar-refractivity contribution is -0.106. The summed E-state index contributed by atoms with van der Waals surface area (Å²) in [6.07, 6.45) is -0.322. The first-order valence-electron chi connectivity index (χ1n) is 5.80. The van der Waals surface area contributed by atoms with Crippen LogP contribution in [0.1, 0.15) is 23.6 Å². The lowest BCUT2D eigenvalue weighted by Gasteiger charge is -2.13. The first-order chi connectivity index (χ1) is 9.22. The van der Waals surface area contributed by atoms with E-state index in [0.29, 0.717) is 17.5 Å². The van der Waals surface area contributed by atoms with E-state index in [1.54, 1.807) is 26.0 Å². The summed E-state index contributed by atoms with van der Waals surface area (Å²) in [4.78, 5) is 5.29. The molecule has 0 radical (unpaired) electrons. The Balaban J connectivity index is 1.95. The molecule has 0 N–H and O–H groups in total. The van der Waals surface area contributed by atoms with E-state index in [1.165, 1.54) is 0 Å². The van der Waals surface area contributed by atoms with Crippen LogP contribution in [-0.4, -0.2) is 24.4 Å². The maximum atomic E-state index is 5.20. The number of nitrogens with zero attached hydrogens (tertiary/aromatic N) is 2. The molecule has 0 saturated carbocycles. The summed E-state index contributed by atoms with van der Waals surface area (Å²) in [7, 11) is 3.24. The van der Waals surface area contributed by atoms with Gasteiger partial charge in [0, 0.05) is 24.7 Å². The van der Waals surface area contributed by atoms with Gasteiger partial charge in [0.2, 0.25) is 5.89 Å². The number of rotatable bonds is 6. The minimum absolute atomic E-state index is 0.322. The number of aryl methyl sites for hydroxylation is 1. The zero-order chi connectivity index (χ0) is 13.7.